The molecular weight excluding hydrogens is 322 g/mol. The van der Waals surface area contributed by atoms with Crippen LogP contribution in [0.1, 0.15) is 36.1 Å². The predicted molar refractivity (Wildman–Crippen MR) is 97.3 cm³/mol. The summed E-state index contributed by atoms with van der Waals surface area (Å²) >= 11 is 0. The van der Waals surface area contributed by atoms with Gasteiger partial charge >= 0.3 is 0 Å². The summed E-state index contributed by atoms with van der Waals surface area (Å²) in [6.07, 6.45) is 3.44. The third kappa shape index (κ3) is 2.15. The van der Waals surface area contributed by atoms with Crippen molar-refractivity contribution in [2.45, 2.75) is 32.2 Å². The van der Waals surface area contributed by atoms with Gasteiger partial charge in [-0.15, -0.1) is 12.4 Å². The van der Waals surface area contributed by atoms with Crippen LogP contribution < -0.4 is 9.47 Å². The Balaban J connectivity index is 0.00000146. The molecule has 2 aromatic rings. The minimum absolute atomic E-state index is 0. The average molecular weight is 344 g/mol. The topological polar surface area (TPSA) is 21.7 Å². The molecule has 2 heterocycles. The van der Waals surface area contributed by atoms with Gasteiger partial charge < -0.3 is 9.47 Å². The zero-order valence-corrected chi connectivity index (χ0v) is 14.7. The largest absolute Gasteiger partial charge is 0.454 e. The number of rotatable bonds is 2. The Morgan fingerprint density at radius 2 is 2.04 bits per heavy atom. The van der Waals surface area contributed by atoms with Gasteiger partial charge in [0.25, 0.3) is 0 Å². The lowest BCUT2D eigenvalue weighted by Gasteiger charge is -2.41. The van der Waals surface area contributed by atoms with Crippen LogP contribution in [0.4, 0.5) is 0 Å². The van der Waals surface area contributed by atoms with Gasteiger partial charge in [-0.25, -0.2) is 0 Å². The molecule has 5 rings (SSSR count). The van der Waals surface area contributed by atoms with E-state index in [1.54, 1.807) is 0 Å². The zero-order chi connectivity index (χ0) is 15.4. The van der Waals surface area contributed by atoms with Gasteiger partial charge in [0.1, 0.15) is 0 Å². The monoisotopic (exact) mass is 343 g/mol. The lowest BCUT2D eigenvalue weighted by molar-refractivity contribution is 0.173. The summed E-state index contributed by atoms with van der Waals surface area (Å²) in [5.74, 6) is 1.84. The number of ether oxygens (including phenoxy) is 2. The molecule has 0 fully saturated rings. The maximum Gasteiger partial charge on any atom is 0.231 e. The summed E-state index contributed by atoms with van der Waals surface area (Å²) in [7, 11) is 0. The Hall–Kier alpha value is -1.71. The minimum atomic E-state index is 0. The summed E-state index contributed by atoms with van der Waals surface area (Å²) in [5.41, 5.74) is 7.07. The molecule has 3 nitrogen and oxygen atoms in total. The van der Waals surface area contributed by atoms with E-state index in [4.69, 9.17) is 9.47 Å². The molecule has 4 heteroatoms. The number of hydrogen-bond acceptors (Lipinski definition) is 3. The van der Waals surface area contributed by atoms with Gasteiger partial charge in [-0.3, -0.25) is 4.90 Å². The van der Waals surface area contributed by atoms with E-state index >= 15 is 0 Å². The van der Waals surface area contributed by atoms with E-state index in [-0.39, 0.29) is 12.4 Å². The normalized spacial score (nSPS) is 20.1. The predicted octanol–water partition coefficient (Wildman–Crippen LogP) is 4.37. The van der Waals surface area contributed by atoms with Crippen LogP contribution in [0.2, 0.25) is 0 Å². The van der Waals surface area contributed by atoms with E-state index in [0.717, 1.165) is 24.3 Å². The van der Waals surface area contributed by atoms with Crippen LogP contribution >= 0.6 is 12.4 Å². The molecule has 0 radical (unpaired) electrons. The summed E-state index contributed by atoms with van der Waals surface area (Å²) in [5, 5.41) is 0. The first-order valence-electron chi connectivity index (χ1n) is 8.64. The van der Waals surface area contributed by atoms with Crippen LogP contribution in [0, 0.1) is 0 Å². The minimum Gasteiger partial charge on any atom is -0.454 e. The third-order valence-electron chi connectivity index (χ3n) is 5.46. The molecule has 3 aliphatic rings. The molecule has 0 N–H and O–H groups in total. The van der Waals surface area contributed by atoms with Gasteiger partial charge in [0.15, 0.2) is 11.5 Å². The first-order valence-corrected chi connectivity index (χ1v) is 8.64. The van der Waals surface area contributed by atoms with Gasteiger partial charge in [0, 0.05) is 18.2 Å². The second-order valence-electron chi connectivity index (χ2n) is 6.72. The van der Waals surface area contributed by atoms with Crippen LogP contribution in [0.3, 0.4) is 0 Å². The van der Waals surface area contributed by atoms with Crippen molar-refractivity contribution in [1.82, 2.24) is 4.90 Å². The van der Waals surface area contributed by atoms with E-state index < -0.39 is 0 Å². The number of halogens is 1. The molecule has 2 aliphatic heterocycles. The zero-order valence-electron chi connectivity index (χ0n) is 13.9. The molecule has 0 bridgehead atoms. The van der Waals surface area contributed by atoms with Crippen molar-refractivity contribution in [2.24, 2.45) is 0 Å². The first kappa shape index (κ1) is 15.8. The van der Waals surface area contributed by atoms with E-state index in [0.29, 0.717) is 12.8 Å². The Bertz CT molecular complexity index is 789. The Labute approximate surface area is 149 Å². The molecule has 0 saturated carbocycles. The fourth-order valence-electron chi connectivity index (χ4n) is 4.52. The maximum absolute atomic E-state index is 5.82. The van der Waals surface area contributed by atoms with E-state index in [1.807, 2.05) is 0 Å². The van der Waals surface area contributed by atoms with E-state index in [2.05, 4.69) is 42.2 Å². The highest BCUT2D eigenvalue weighted by molar-refractivity contribution is 5.85. The van der Waals surface area contributed by atoms with Crippen molar-refractivity contribution >= 4 is 12.4 Å². The fourth-order valence-corrected chi connectivity index (χ4v) is 4.52. The maximum atomic E-state index is 5.82. The highest BCUT2D eigenvalue weighted by atomic mass is 35.5. The summed E-state index contributed by atoms with van der Waals surface area (Å²) in [6, 6.07) is 11.6. The van der Waals surface area contributed by atoms with Crippen LogP contribution in [0.15, 0.2) is 30.3 Å². The molecular formula is C20H22ClNO2. The second-order valence-corrected chi connectivity index (χ2v) is 6.72. The standard InChI is InChI=1S/C20H21NO2.ClH/c1-2-9-21-10-8-13-4-3-5-15-18(13)16(21)11-14-6-7-17-20(19(14)15)23-12-22-17;/h3-7,16H,2,8-12H2,1H3;1H/t16-;/m1./s1. The molecule has 1 atom stereocenters. The summed E-state index contributed by atoms with van der Waals surface area (Å²) < 4.78 is 11.4. The second kappa shape index (κ2) is 5.98. The first-order chi connectivity index (χ1) is 11.4. The van der Waals surface area contributed by atoms with Gasteiger partial charge in [-0.2, -0.15) is 0 Å². The molecule has 0 aromatic heterocycles. The van der Waals surface area contributed by atoms with Crippen molar-refractivity contribution < 1.29 is 9.47 Å². The van der Waals surface area contributed by atoms with Crippen molar-refractivity contribution in [2.75, 3.05) is 19.9 Å². The quantitative estimate of drug-likeness (QED) is 0.808. The van der Waals surface area contributed by atoms with Gasteiger partial charge in [-0.1, -0.05) is 31.2 Å². The number of hydrogen-bond donors (Lipinski definition) is 0. The molecule has 24 heavy (non-hydrogen) atoms. The van der Waals surface area contributed by atoms with Crippen molar-refractivity contribution in [3.63, 3.8) is 0 Å². The third-order valence-corrected chi connectivity index (χ3v) is 5.46. The highest BCUT2D eigenvalue weighted by Gasteiger charge is 2.36. The van der Waals surface area contributed by atoms with Gasteiger partial charge in [-0.05, 0) is 54.1 Å². The number of fused-ring (bicyclic) bond motifs is 4. The lowest BCUT2D eigenvalue weighted by Crippen LogP contribution is -2.38. The van der Waals surface area contributed by atoms with E-state index in [1.165, 1.54) is 47.3 Å². The number of nitrogens with zero attached hydrogens (tertiary/aromatic N) is 1. The molecule has 0 amide bonds. The smallest absolute Gasteiger partial charge is 0.231 e. The van der Waals surface area contributed by atoms with Crippen molar-refractivity contribution in [3.8, 4) is 22.6 Å². The Morgan fingerprint density at radius 3 is 2.92 bits per heavy atom. The van der Waals surface area contributed by atoms with Crippen LogP contribution in [-0.2, 0) is 12.8 Å². The molecule has 2 aromatic carbocycles. The highest BCUT2D eigenvalue weighted by Crippen LogP contribution is 2.52. The molecule has 1 aliphatic carbocycles. The number of benzene rings is 2. The van der Waals surface area contributed by atoms with Crippen LogP contribution in [0.5, 0.6) is 11.5 Å². The summed E-state index contributed by atoms with van der Waals surface area (Å²) in [6.45, 7) is 4.97. The van der Waals surface area contributed by atoms with Gasteiger partial charge in [0.2, 0.25) is 6.79 Å². The van der Waals surface area contributed by atoms with Gasteiger partial charge in [0.05, 0.1) is 0 Å². The van der Waals surface area contributed by atoms with Crippen LogP contribution in [-0.4, -0.2) is 24.8 Å². The van der Waals surface area contributed by atoms with E-state index in [9.17, 15) is 0 Å². The summed E-state index contributed by atoms with van der Waals surface area (Å²) in [4.78, 5) is 2.67. The molecule has 0 saturated heterocycles. The Kier molecular flexibility index (Phi) is 3.93. The lowest BCUT2D eigenvalue weighted by atomic mass is 9.76. The molecule has 0 spiro atoms. The van der Waals surface area contributed by atoms with Crippen molar-refractivity contribution in [3.05, 3.63) is 47.0 Å². The SMILES string of the molecule is CCCN1CCc2cccc3c2[C@H]1Cc1ccc2c(c1-3)OCO2.Cl. The fraction of sp³-hybridized carbons (Fsp3) is 0.400. The van der Waals surface area contributed by atoms with Crippen molar-refractivity contribution in [1.29, 1.82) is 0 Å². The molecule has 0 unspecified atom stereocenters. The molecule has 126 valence electrons. The van der Waals surface area contributed by atoms with Crippen LogP contribution in [0.25, 0.3) is 11.1 Å². The Morgan fingerprint density at radius 1 is 1.12 bits per heavy atom. The average Bonchev–Trinajstić information content (AvgIpc) is 3.06.